The maximum Gasteiger partial charge on any atom is 0.128 e. The molecular formula is C13H19FN2O. The van der Waals surface area contributed by atoms with Crippen LogP contribution in [-0.4, -0.2) is 17.3 Å². The van der Waals surface area contributed by atoms with Crippen LogP contribution in [0.4, 0.5) is 15.8 Å². The summed E-state index contributed by atoms with van der Waals surface area (Å²) in [5, 5.41) is 12.8. The molecule has 0 aliphatic heterocycles. The van der Waals surface area contributed by atoms with Crippen molar-refractivity contribution in [2.75, 3.05) is 11.1 Å². The summed E-state index contributed by atoms with van der Waals surface area (Å²) in [5.74, 6) is -0.271. The number of aliphatic hydroxyl groups is 1. The first-order chi connectivity index (χ1) is 8.06. The van der Waals surface area contributed by atoms with Gasteiger partial charge in [0, 0.05) is 6.04 Å². The van der Waals surface area contributed by atoms with E-state index in [-0.39, 0.29) is 11.9 Å². The third-order valence-corrected chi connectivity index (χ3v) is 3.39. The van der Waals surface area contributed by atoms with Gasteiger partial charge in [-0.1, -0.05) is 0 Å². The summed E-state index contributed by atoms with van der Waals surface area (Å²) in [6, 6.07) is 3.43. The Hall–Kier alpha value is -1.29. The van der Waals surface area contributed by atoms with Crippen molar-refractivity contribution in [1.29, 1.82) is 0 Å². The molecule has 0 spiro atoms. The van der Waals surface area contributed by atoms with Gasteiger partial charge in [0.1, 0.15) is 5.82 Å². The molecule has 1 aromatic carbocycles. The lowest BCUT2D eigenvalue weighted by Crippen LogP contribution is -2.28. The van der Waals surface area contributed by atoms with Gasteiger partial charge in [0.05, 0.1) is 17.5 Å². The van der Waals surface area contributed by atoms with Crippen molar-refractivity contribution in [3.05, 3.63) is 23.5 Å². The Bertz CT molecular complexity index is 401. The minimum Gasteiger partial charge on any atom is -0.397 e. The highest BCUT2D eigenvalue weighted by Crippen LogP contribution is 2.27. The molecule has 0 aromatic heterocycles. The second-order valence-corrected chi connectivity index (χ2v) is 4.84. The Balaban J connectivity index is 2.06. The fourth-order valence-corrected chi connectivity index (χ4v) is 2.26. The van der Waals surface area contributed by atoms with E-state index < -0.39 is 0 Å². The predicted molar refractivity (Wildman–Crippen MR) is 67.4 cm³/mol. The van der Waals surface area contributed by atoms with E-state index in [0.29, 0.717) is 17.3 Å². The van der Waals surface area contributed by atoms with E-state index >= 15 is 0 Å². The zero-order chi connectivity index (χ0) is 12.4. The molecule has 17 heavy (non-hydrogen) atoms. The molecule has 94 valence electrons. The minimum absolute atomic E-state index is 0.166. The molecule has 4 N–H and O–H groups in total. The zero-order valence-electron chi connectivity index (χ0n) is 10.0. The normalized spacial score (nSPS) is 24.6. The van der Waals surface area contributed by atoms with Gasteiger partial charge < -0.3 is 16.2 Å². The number of nitrogen functional groups attached to an aromatic ring is 1. The van der Waals surface area contributed by atoms with Gasteiger partial charge in [0.25, 0.3) is 0 Å². The highest BCUT2D eigenvalue weighted by atomic mass is 19.1. The van der Waals surface area contributed by atoms with Crippen LogP contribution in [0.15, 0.2) is 12.1 Å². The topological polar surface area (TPSA) is 58.3 Å². The first-order valence-corrected chi connectivity index (χ1v) is 6.06. The van der Waals surface area contributed by atoms with Crippen molar-refractivity contribution in [1.82, 2.24) is 0 Å². The fourth-order valence-electron chi connectivity index (χ4n) is 2.26. The summed E-state index contributed by atoms with van der Waals surface area (Å²) in [7, 11) is 0. The molecular weight excluding hydrogens is 219 g/mol. The molecule has 1 fully saturated rings. The van der Waals surface area contributed by atoms with Crippen LogP contribution in [0.2, 0.25) is 0 Å². The highest BCUT2D eigenvalue weighted by molar-refractivity contribution is 5.67. The summed E-state index contributed by atoms with van der Waals surface area (Å²) in [6.45, 7) is 1.73. The lowest BCUT2D eigenvalue weighted by molar-refractivity contribution is 0.126. The molecule has 2 rings (SSSR count). The van der Waals surface area contributed by atoms with Gasteiger partial charge in [-0.15, -0.1) is 0 Å². The van der Waals surface area contributed by atoms with E-state index in [0.717, 1.165) is 31.4 Å². The van der Waals surface area contributed by atoms with Crippen LogP contribution >= 0.6 is 0 Å². The van der Waals surface area contributed by atoms with Gasteiger partial charge in [0.2, 0.25) is 0 Å². The third kappa shape index (κ3) is 2.88. The SMILES string of the molecule is Cc1cc(NC2CCC(O)CC2)c(N)cc1F. The average molecular weight is 238 g/mol. The largest absolute Gasteiger partial charge is 0.397 e. The van der Waals surface area contributed by atoms with Crippen LogP contribution in [0.1, 0.15) is 31.2 Å². The van der Waals surface area contributed by atoms with E-state index in [1.54, 1.807) is 13.0 Å². The average Bonchev–Trinajstić information content (AvgIpc) is 2.29. The van der Waals surface area contributed by atoms with Crippen LogP contribution in [-0.2, 0) is 0 Å². The van der Waals surface area contributed by atoms with Crippen LogP contribution in [0.3, 0.4) is 0 Å². The molecule has 4 heteroatoms. The maximum absolute atomic E-state index is 13.2. The molecule has 0 bridgehead atoms. The molecule has 3 nitrogen and oxygen atoms in total. The zero-order valence-corrected chi connectivity index (χ0v) is 10.0. The molecule has 0 radical (unpaired) electrons. The van der Waals surface area contributed by atoms with Crippen molar-refractivity contribution in [2.45, 2.75) is 44.8 Å². The summed E-state index contributed by atoms with van der Waals surface area (Å²) in [4.78, 5) is 0. The standard InChI is InChI=1S/C13H19FN2O/c1-8-6-13(12(15)7-11(8)14)16-9-2-4-10(17)5-3-9/h6-7,9-10,16-17H,2-5,15H2,1H3. The van der Waals surface area contributed by atoms with Gasteiger partial charge >= 0.3 is 0 Å². The Morgan fingerprint density at radius 1 is 1.29 bits per heavy atom. The van der Waals surface area contributed by atoms with Gasteiger partial charge in [0.15, 0.2) is 0 Å². The quantitative estimate of drug-likeness (QED) is 0.693. The monoisotopic (exact) mass is 238 g/mol. The lowest BCUT2D eigenvalue weighted by atomic mass is 9.93. The van der Waals surface area contributed by atoms with Gasteiger partial charge in [-0.3, -0.25) is 0 Å². The molecule has 0 amide bonds. The number of rotatable bonds is 2. The number of hydrogen-bond donors (Lipinski definition) is 3. The summed E-state index contributed by atoms with van der Waals surface area (Å²) in [5.41, 5.74) is 7.62. The number of aliphatic hydroxyl groups excluding tert-OH is 1. The molecule has 0 atom stereocenters. The Kier molecular flexibility index (Phi) is 3.52. The highest BCUT2D eigenvalue weighted by Gasteiger charge is 2.19. The van der Waals surface area contributed by atoms with E-state index in [2.05, 4.69) is 5.32 Å². The summed E-state index contributed by atoms with van der Waals surface area (Å²) >= 11 is 0. The van der Waals surface area contributed by atoms with Crippen LogP contribution < -0.4 is 11.1 Å². The molecule has 0 heterocycles. The van der Waals surface area contributed by atoms with E-state index in [1.165, 1.54) is 6.07 Å². The van der Waals surface area contributed by atoms with Gasteiger partial charge in [-0.25, -0.2) is 4.39 Å². The Morgan fingerprint density at radius 2 is 1.94 bits per heavy atom. The number of halogens is 1. The number of benzene rings is 1. The fraction of sp³-hybridized carbons (Fsp3) is 0.538. The summed E-state index contributed by atoms with van der Waals surface area (Å²) in [6.07, 6.45) is 3.32. The molecule has 0 unspecified atom stereocenters. The van der Waals surface area contributed by atoms with Crippen molar-refractivity contribution >= 4 is 11.4 Å². The predicted octanol–water partition coefficient (Wildman–Crippen LogP) is 2.43. The van der Waals surface area contributed by atoms with E-state index in [9.17, 15) is 9.50 Å². The molecule has 1 aromatic rings. The summed E-state index contributed by atoms with van der Waals surface area (Å²) < 4.78 is 13.2. The van der Waals surface area contributed by atoms with Crippen molar-refractivity contribution in [2.24, 2.45) is 0 Å². The second-order valence-electron chi connectivity index (χ2n) is 4.84. The van der Waals surface area contributed by atoms with Gasteiger partial charge in [-0.05, 0) is 50.3 Å². The lowest BCUT2D eigenvalue weighted by Gasteiger charge is -2.27. The van der Waals surface area contributed by atoms with Gasteiger partial charge in [-0.2, -0.15) is 0 Å². The maximum atomic E-state index is 13.2. The number of hydrogen-bond acceptors (Lipinski definition) is 3. The third-order valence-electron chi connectivity index (χ3n) is 3.39. The van der Waals surface area contributed by atoms with Crippen molar-refractivity contribution in [3.63, 3.8) is 0 Å². The molecule has 1 aliphatic rings. The molecule has 1 saturated carbocycles. The number of aryl methyl sites for hydroxylation is 1. The van der Waals surface area contributed by atoms with E-state index in [4.69, 9.17) is 5.73 Å². The van der Waals surface area contributed by atoms with Crippen LogP contribution in [0, 0.1) is 12.7 Å². The minimum atomic E-state index is -0.271. The first kappa shape index (κ1) is 12.2. The first-order valence-electron chi connectivity index (χ1n) is 6.06. The molecule has 0 saturated heterocycles. The number of nitrogens with one attached hydrogen (secondary N) is 1. The number of anilines is 2. The van der Waals surface area contributed by atoms with Crippen molar-refractivity contribution < 1.29 is 9.50 Å². The van der Waals surface area contributed by atoms with Crippen LogP contribution in [0.25, 0.3) is 0 Å². The Morgan fingerprint density at radius 3 is 2.59 bits per heavy atom. The van der Waals surface area contributed by atoms with Crippen molar-refractivity contribution in [3.8, 4) is 0 Å². The number of nitrogens with two attached hydrogens (primary N) is 1. The van der Waals surface area contributed by atoms with E-state index in [1.807, 2.05) is 0 Å². The second kappa shape index (κ2) is 4.92. The smallest absolute Gasteiger partial charge is 0.128 e. The van der Waals surface area contributed by atoms with Crippen LogP contribution in [0.5, 0.6) is 0 Å². The molecule has 1 aliphatic carbocycles. The Labute approximate surface area is 101 Å².